The Morgan fingerprint density at radius 1 is 1.36 bits per heavy atom. The average molecular weight is 198 g/mol. The number of aliphatic carboxylic acids is 1. The third kappa shape index (κ3) is 2.55. The smallest absolute Gasteiger partial charge is 0.417 e. The molecule has 0 bridgehead atoms. The minimum absolute atomic E-state index is 0.141. The van der Waals surface area contributed by atoms with Crippen molar-refractivity contribution in [3.8, 4) is 0 Å². The van der Waals surface area contributed by atoms with Gasteiger partial charge in [0.1, 0.15) is 12.4 Å². The van der Waals surface area contributed by atoms with Crippen LogP contribution in [0.2, 0.25) is 0 Å². The van der Waals surface area contributed by atoms with Gasteiger partial charge in [-0.1, -0.05) is 18.2 Å². The first-order valence-electron chi connectivity index (χ1n) is 3.74. The summed E-state index contributed by atoms with van der Waals surface area (Å²) in [6.45, 7) is -0.377. The number of benzene rings is 1. The summed E-state index contributed by atoms with van der Waals surface area (Å²) in [6.07, 6.45) is 0. The Balaban J connectivity index is 2.58. The Kier molecular flexibility index (Phi) is 3.17. The molecule has 0 unspecified atom stereocenters. The van der Waals surface area contributed by atoms with Crippen LogP contribution in [0.25, 0.3) is 0 Å². The fraction of sp³-hybridized carbons (Fsp3) is 0.111. The van der Waals surface area contributed by atoms with E-state index in [0.29, 0.717) is 0 Å². The molecule has 0 saturated carbocycles. The van der Waals surface area contributed by atoms with Gasteiger partial charge in [0.2, 0.25) is 0 Å². The molecule has 0 saturated heterocycles. The van der Waals surface area contributed by atoms with Crippen LogP contribution in [0.5, 0.6) is 0 Å². The fourth-order valence-corrected chi connectivity index (χ4v) is 0.820. The lowest BCUT2D eigenvalue weighted by molar-refractivity contribution is -0.164. The summed E-state index contributed by atoms with van der Waals surface area (Å²) in [6, 6.07) is 5.65. The van der Waals surface area contributed by atoms with Gasteiger partial charge in [0.05, 0.1) is 0 Å². The number of esters is 1. The lowest BCUT2D eigenvalue weighted by Crippen LogP contribution is -2.16. The van der Waals surface area contributed by atoms with E-state index in [1.807, 2.05) is 0 Å². The molecule has 14 heavy (non-hydrogen) atoms. The third-order valence-corrected chi connectivity index (χ3v) is 1.49. The van der Waals surface area contributed by atoms with Gasteiger partial charge in [-0.05, 0) is 6.07 Å². The zero-order chi connectivity index (χ0) is 10.6. The average Bonchev–Trinajstić information content (AvgIpc) is 2.16. The molecule has 0 radical (unpaired) electrons. The second-order valence-electron chi connectivity index (χ2n) is 2.47. The van der Waals surface area contributed by atoms with E-state index in [-0.39, 0.29) is 12.2 Å². The molecule has 74 valence electrons. The summed E-state index contributed by atoms with van der Waals surface area (Å²) in [5, 5.41) is 8.16. The topological polar surface area (TPSA) is 63.6 Å². The van der Waals surface area contributed by atoms with Crippen molar-refractivity contribution in [3.63, 3.8) is 0 Å². The summed E-state index contributed by atoms with van der Waals surface area (Å²) in [5.41, 5.74) is 0.141. The van der Waals surface area contributed by atoms with Gasteiger partial charge in [0.15, 0.2) is 0 Å². The molecule has 0 spiro atoms. The normalized spacial score (nSPS) is 9.50. The monoisotopic (exact) mass is 198 g/mol. The fourth-order valence-electron chi connectivity index (χ4n) is 0.820. The van der Waals surface area contributed by atoms with Gasteiger partial charge in [0.25, 0.3) is 0 Å². The van der Waals surface area contributed by atoms with Crippen LogP contribution >= 0.6 is 0 Å². The third-order valence-electron chi connectivity index (χ3n) is 1.49. The van der Waals surface area contributed by atoms with E-state index in [9.17, 15) is 14.0 Å². The number of carbonyl (C=O) groups is 2. The van der Waals surface area contributed by atoms with Crippen LogP contribution < -0.4 is 0 Å². The number of hydrogen-bond acceptors (Lipinski definition) is 3. The zero-order valence-corrected chi connectivity index (χ0v) is 7.07. The predicted molar refractivity (Wildman–Crippen MR) is 43.8 cm³/mol. The van der Waals surface area contributed by atoms with Crippen molar-refractivity contribution >= 4 is 11.9 Å². The lowest BCUT2D eigenvalue weighted by Gasteiger charge is -2.02. The summed E-state index contributed by atoms with van der Waals surface area (Å²) in [7, 11) is 0. The minimum Gasteiger partial charge on any atom is -0.473 e. The molecule has 1 rings (SSSR count). The number of carbonyl (C=O) groups excluding carboxylic acids is 1. The lowest BCUT2D eigenvalue weighted by atomic mass is 10.2. The first-order valence-corrected chi connectivity index (χ1v) is 3.74. The molecule has 1 aromatic rings. The quantitative estimate of drug-likeness (QED) is 0.567. The second kappa shape index (κ2) is 4.36. The summed E-state index contributed by atoms with van der Waals surface area (Å²) >= 11 is 0. The van der Waals surface area contributed by atoms with Crippen LogP contribution in [0.15, 0.2) is 24.3 Å². The van der Waals surface area contributed by atoms with Crippen molar-refractivity contribution in [2.75, 3.05) is 0 Å². The van der Waals surface area contributed by atoms with Gasteiger partial charge in [-0.3, -0.25) is 0 Å². The van der Waals surface area contributed by atoms with Crippen molar-refractivity contribution < 1.29 is 23.8 Å². The van der Waals surface area contributed by atoms with Crippen LogP contribution in [0.4, 0.5) is 4.39 Å². The van der Waals surface area contributed by atoms with E-state index in [1.54, 1.807) is 6.07 Å². The van der Waals surface area contributed by atoms with E-state index >= 15 is 0 Å². The van der Waals surface area contributed by atoms with E-state index in [1.165, 1.54) is 18.2 Å². The minimum atomic E-state index is -1.69. The highest BCUT2D eigenvalue weighted by atomic mass is 19.1. The molecule has 0 aliphatic carbocycles. The summed E-state index contributed by atoms with van der Waals surface area (Å²) in [4.78, 5) is 20.5. The maximum absolute atomic E-state index is 12.9. The predicted octanol–water partition coefficient (Wildman–Crippen LogP) is 0.954. The van der Waals surface area contributed by atoms with Crippen LogP contribution in [-0.4, -0.2) is 17.0 Å². The number of rotatable bonds is 2. The molecule has 0 fully saturated rings. The van der Waals surface area contributed by atoms with Crippen molar-refractivity contribution in [2.45, 2.75) is 6.61 Å². The Morgan fingerprint density at radius 3 is 2.57 bits per heavy atom. The molecule has 0 heterocycles. The molecule has 0 aliphatic heterocycles. The Hall–Kier alpha value is -1.91. The van der Waals surface area contributed by atoms with Crippen LogP contribution in [0.3, 0.4) is 0 Å². The van der Waals surface area contributed by atoms with Gasteiger partial charge in [-0.2, -0.15) is 0 Å². The summed E-state index contributed by atoms with van der Waals surface area (Å²) < 4.78 is 17.2. The highest BCUT2D eigenvalue weighted by molar-refractivity contribution is 6.28. The van der Waals surface area contributed by atoms with E-state index in [0.717, 1.165) is 0 Å². The Labute approximate surface area is 78.9 Å². The first-order chi connectivity index (χ1) is 6.61. The van der Waals surface area contributed by atoms with Crippen molar-refractivity contribution in [1.82, 2.24) is 0 Å². The number of ether oxygens (including phenoxy) is 1. The number of hydrogen-bond donors (Lipinski definition) is 1. The Bertz CT molecular complexity index is 362. The molecule has 5 heteroatoms. The van der Waals surface area contributed by atoms with E-state index < -0.39 is 17.8 Å². The van der Waals surface area contributed by atoms with Crippen LogP contribution in [0.1, 0.15) is 5.56 Å². The maximum Gasteiger partial charge on any atom is 0.417 e. The molecular weight excluding hydrogens is 191 g/mol. The number of carboxylic acid groups (broad SMARTS) is 1. The van der Waals surface area contributed by atoms with E-state index in [4.69, 9.17) is 5.11 Å². The maximum atomic E-state index is 12.9. The van der Waals surface area contributed by atoms with Gasteiger partial charge < -0.3 is 9.84 Å². The first kappa shape index (κ1) is 10.2. The highest BCUT2D eigenvalue weighted by Crippen LogP contribution is 2.07. The standard InChI is InChI=1S/C9H7FO4/c10-7-4-2-1-3-6(7)5-14-9(13)8(11)12/h1-4H,5H2,(H,11,12). The van der Waals surface area contributed by atoms with Crippen molar-refractivity contribution in [2.24, 2.45) is 0 Å². The SMILES string of the molecule is O=C(O)C(=O)OCc1ccccc1F. The van der Waals surface area contributed by atoms with Crippen LogP contribution in [0, 0.1) is 5.82 Å². The molecule has 1 N–H and O–H groups in total. The largest absolute Gasteiger partial charge is 0.473 e. The van der Waals surface area contributed by atoms with Gasteiger partial charge in [0, 0.05) is 5.56 Å². The molecule has 4 nitrogen and oxygen atoms in total. The molecule has 1 aromatic carbocycles. The molecular formula is C9H7FO4. The van der Waals surface area contributed by atoms with Crippen LogP contribution in [-0.2, 0) is 20.9 Å². The van der Waals surface area contributed by atoms with Gasteiger partial charge in [-0.15, -0.1) is 0 Å². The summed E-state index contributed by atoms with van der Waals surface area (Å²) in [5.74, 6) is -3.62. The molecule has 0 amide bonds. The molecule has 0 aromatic heterocycles. The second-order valence-corrected chi connectivity index (χ2v) is 2.47. The Morgan fingerprint density at radius 2 is 2.00 bits per heavy atom. The molecule has 0 atom stereocenters. The molecule has 0 aliphatic rings. The van der Waals surface area contributed by atoms with Crippen molar-refractivity contribution in [3.05, 3.63) is 35.6 Å². The zero-order valence-electron chi connectivity index (χ0n) is 7.07. The number of carboxylic acids is 1. The van der Waals surface area contributed by atoms with E-state index in [2.05, 4.69) is 4.74 Å². The number of halogens is 1. The van der Waals surface area contributed by atoms with Gasteiger partial charge in [-0.25, -0.2) is 14.0 Å². The highest BCUT2D eigenvalue weighted by Gasteiger charge is 2.13. The van der Waals surface area contributed by atoms with Crippen molar-refractivity contribution in [1.29, 1.82) is 0 Å². The van der Waals surface area contributed by atoms with Gasteiger partial charge >= 0.3 is 11.9 Å².